The second-order valence-electron chi connectivity index (χ2n) is 4.86. The van der Waals surface area contributed by atoms with Crippen LogP contribution >= 0.6 is 0 Å². The third-order valence-electron chi connectivity index (χ3n) is 2.96. The van der Waals surface area contributed by atoms with E-state index in [2.05, 4.69) is 24.4 Å². The van der Waals surface area contributed by atoms with Gasteiger partial charge in [0.1, 0.15) is 0 Å². The lowest BCUT2D eigenvalue weighted by Crippen LogP contribution is -2.16. The van der Waals surface area contributed by atoms with Crippen molar-refractivity contribution in [1.82, 2.24) is 5.43 Å². The average molecular weight is 254 g/mol. The molecular weight excluding hydrogens is 224 g/mol. The lowest BCUT2D eigenvalue weighted by atomic mass is 10.1. The van der Waals surface area contributed by atoms with Crippen LogP contribution in [0.4, 0.5) is 0 Å². The minimum Gasteiger partial charge on any atom is -0.273 e. The maximum atomic E-state index is 11.4. The molecule has 0 aliphatic heterocycles. The van der Waals surface area contributed by atoms with E-state index in [1.807, 2.05) is 0 Å². The second-order valence-corrected chi connectivity index (χ2v) is 4.86. The summed E-state index contributed by atoms with van der Waals surface area (Å²) in [5.74, 6) is 0.0494. The van der Waals surface area contributed by atoms with Gasteiger partial charge in [-0.25, -0.2) is 5.43 Å². The Bertz CT molecular complexity index is 215. The van der Waals surface area contributed by atoms with E-state index in [4.69, 9.17) is 0 Å². The summed E-state index contributed by atoms with van der Waals surface area (Å²) in [5.41, 5.74) is 2.57. The monoisotopic (exact) mass is 254 g/mol. The molecule has 106 valence electrons. The summed E-state index contributed by atoms with van der Waals surface area (Å²) in [6, 6.07) is 0. The molecule has 0 aromatic carbocycles. The van der Waals surface area contributed by atoms with E-state index in [1.54, 1.807) is 6.21 Å². The van der Waals surface area contributed by atoms with Crippen LogP contribution in [-0.2, 0) is 4.79 Å². The molecule has 0 rings (SSSR count). The summed E-state index contributed by atoms with van der Waals surface area (Å²) in [4.78, 5) is 11.4. The highest BCUT2D eigenvalue weighted by Gasteiger charge is 1.98. The van der Waals surface area contributed by atoms with Gasteiger partial charge in [-0.05, 0) is 12.8 Å². The Hall–Kier alpha value is -0.860. The smallest absolute Gasteiger partial charge is 0.240 e. The molecule has 0 aliphatic rings. The topological polar surface area (TPSA) is 41.5 Å². The van der Waals surface area contributed by atoms with E-state index in [0.29, 0.717) is 6.42 Å². The molecule has 0 bridgehead atoms. The Kier molecular flexibility index (Phi) is 13.5. The van der Waals surface area contributed by atoms with Crippen LogP contribution in [0.25, 0.3) is 0 Å². The predicted octanol–water partition coefficient (Wildman–Crippen LogP) is 4.42. The first-order valence-corrected chi connectivity index (χ1v) is 7.61. The first-order valence-electron chi connectivity index (χ1n) is 7.61. The third kappa shape index (κ3) is 13.2. The third-order valence-corrected chi connectivity index (χ3v) is 2.96. The summed E-state index contributed by atoms with van der Waals surface area (Å²) in [6.07, 6.45) is 14.5. The summed E-state index contributed by atoms with van der Waals surface area (Å²) < 4.78 is 0. The number of carbonyl (C=O) groups is 1. The number of nitrogens with zero attached hydrogens (tertiary/aromatic N) is 1. The molecule has 0 fully saturated rings. The molecule has 1 amide bonds. The molecule has 0 atom stereocenters. The molecule has 1 N–H and O–H groups in total. The van der Waals surface area contributed by atoms with Gasteiger partial charge >= 0.3 is 0 Å². The Morgan fingerprint density at radius 3 is 2.17 bits per heavy atom. The van der Waals surface area contributed by atoms with Crippen molar-refractivity contribution in [3.63, 3.8) is 0 Å². The van der Waals surface area contributed by atoms with Gasteiger partial charge in [0.15, 0.2) is 0 Å². The molecular formula is C15H30N2O. The van der Waals surface area contributed by atoms with Crippen LogP contribution in [-0.4, -0.2) is 12.1 Å². The fraction of sp³-hybridized carbons (Fsp3) is 0.867. The van der Waals surface area contributed by atoms with Gasteiger partial charge < -0.3 is 0 Å². The van der Waals surface area contributed by atoms with Crippen molar-refractivity contribution < 1.29 is 4.79 Å². The average Bonchev–Trinajstić information content (AvgIpc) is 2.38. The summed E-state index contributed by atoms with van der Waals surface area (Å²) >= 11 is 0. The lowest BCUT2D eigenvalue weighted by Gasteiger charge is -2.01. The van der Waals surface area contributed by atoms with Crippen molar-refractivity contribution in [2.75, 3.05) is 0 Å². The van der Waals surface area contributed by atoms with Crippen molar-refractivity contribution in [3.05, 3.63) is 0 Å². The lowest BCUT2D eigenvalue weighted by molar-refractivity contribution is -0.121. The van der Waals surface area contributed by atoms with Crippen molar-refractivity contribution in [2.45, 2.75) is 84.5 Å². The summed E-state index contributed by atoms with van der Waals surface area (Å²) in [6.45, 7) is 4.33. The second kappa shape index (κ2) is 14.2. The normalized spacial score (nSPS) is 11.0. The van der Waals surface area contributed by atoms with E-state index in [-0.39, 0.29) is 5.91 Å². The minimum atomic E-state index is 0.0494. The van der Waals surface area contributed by atoms with Crippen LogP contribution in [0.1, 0.15) is 84.5 Å². The van der Waals surface area contributed by atoms with E-state index in [1.165, 1.54) is 38.5 Å². The fourth-order valence-electron chi connectivity index (χ4n) is 1.79. The molecule has 3 nitrogen and oxygen atoms in total. The number of hydrazone groups is 1. The van der Waals surface area contributed by atoms with Gasteiger partial charge in [0.25, 0.3) is 0 Å². The maximum absolute atomic E-state index is 11.4. The van der Waals surface area contributed by atoms with Crippen LogP contribution < -0.4 is 5.43 Å². The zero-order valence-electron chi connectivity index (χ0n) is 12.2. The number of amides is 1. The zero-order chi connectivity index (χ0) is 13.5. The molecule has 0 spiro atoms. The molecule has 0 heterocycles. The summed E-state index contributed by atoms with van der Waals surface area (Å²) in [7, 11) is 0. The standard InChI is InChI=1S/C15H30N2O/c1-3-5-7-8-9-10-11-12-13-15(18)17-16-14-6-4-2/h14H,3-13H2,1-2H3,(H,17,18)/b16-14+. The first-order chi connectivity index (χ1) is 8.81. The number of nitrogens with one attached hydrogen (secondary N) is 1. The van der Waals surface area contributed by atoms with E-state index >= 15 is 0 Å². The van der Waals surface area contributed by atoms with E-state index in [9.17, 15) is 4.79 Å². The van der Waals surface area contributed by atoms with E-state index < -0.39 is 0 Å². The molecule has 0 aromatic rings. The van der Waals surface area contributed by atoms with Gasteiger partial charge in [-0.3, -0.25) is 4.79 Å². The van der Waals surface area contributed by atoms with Gasteiger partial charge in [-0.15, -0.1) is 0 Å². The predicted molar refractivity (Wildman–Crippen MR) is 78.8 cm³/mol. The quantitative estimate of drug-likeness (QED) is 0.313. The van der Waals surface area contributed by atoms with Gasteiger partial charge in [0, 0.05) is 12.6 Å². The summed E-state index contributed by atoms with van der Waals surface area (Å²) in [5, 5.41) is 3.89. The van der Waals surface area contributed by atoms with Crippen LogP contribution in [0.5, 0.6) is 0 Å². The van der Waals surface area contributed by atoms with Gasteiger partial charge in [-0.2, -0.15) is 5.10 Å². The van der Waals surface area contributed by atoms with Crippen molar-refractivity contribution >= 4 is 12.1 Å². The fourth-order valence-corrected chi connectivity index (χ4v) is 1.79. The number of hydrogen-bond acceptors (Lipinski definition) is 2. The molecule has 0 aromatic heterocycles. The van der Waals surface area contributed by atoms with Crippen LogP contribution in [0.15, 0.2) is 5.10 Å². The van der Waals surface area contributed by atoms with Crippen molar-refractivity contribution in [3.8, 4) is 0 Å². The minimum absolute atomic E-state index is 0.0494. The van der Waals surface area contributed by atoms with Gasteiger partial charge in [-0.1, -0.05) is 65.2 Å². The van der Waals surface area contributed by atoms with Crippen LogP contribution in [0.2, 0.25) is 0 Å². The number of unbranched alkanes of at least 4 members (excludes halogenated alkanes) is 8. The highest BCUT2D eigenvalue weighted by Crippen LogP contribution is 2.09. The highest BCUT2D eigenvalue weighted by atomic mass is 16.2. The largest absolute Gasteiger partial charge is 0.273 e. The van der Waals surface area contributed by atoms with Gasteiger partial charge in [0.05, 0.1) is 0 Å². The molecule has 18 heavy (non-hydrogen) atoms. The maximum Gasteiger partial charge on any atom is 0.240 e. The molecule has 0 saturated heterocycles. The SMILES string of the molecule is CCC/C=N/NC(=O)CCCCCCCCCC. The highest BCUT2D eigenvalue weighted by molar-refractivity contribution is 5.76. The van der Waals surface area contributed by atoms with Crippen molar-refractivity contribution in [2.24, 2.45) is 5.10 Å². The Labute approximate surface area is 112 Å². The number of hydrogen-bond donors (Lipinski definition) is 1. The van der Waals surface area contributed by atoms with Crippen LogP contribution in [0.3, 0.4) is 0 Å². The molecule has 0 aliphatic carbocycles. The zero-order valence-corrected chi connectivity index (χ0v) is 12.2. The Morgan fingerprint density at radius 2 is 1.56 bits per heavy atom. The molecule has 0 radical (unpaired) electrons. The molecule has 3 heteroatoms. The first kappa shape index (κ1) is 17.1. The van der Waals surface area contributed by atoms with Crippen LogP contribution in [0, 0.1) is 0 Å². The molecule has 0 unspecified atom stereocenters. The Morgan fingerprint density at radius 1 is 0.944 bits per heavy atom. The van der Waals surface area contributed by atoms with Gasteiger partial charge in [0.2, 0.25) is 5.91 Å². The Balaban J connectivity index is 3.20. The number of carbonyl (C=O) groups excluding carboxylic acids is 1. The van der Waals surface area contributed by atoms with E-state index in [0.717, 1.165) is 25.7 Å². The number of rotatable bonds is 12. The molecule has 0 saturated carbocycles. The van der Waals surface area contributed by atoms with Crippen molar-refractivity contribution in [1.29, 1.82) is 0 Å².